The Morgan fingerprint density at radius 1 is 0.889 bits per heavy atom. The van der Waals surface area contributed by atoms with Crippen LogP contribution in [0.5, 0.6) is 0 Å². The minimum Gasteiger partial charge on any atom is -0.466 e. The van der Waals surface area contributed by atoms with E-state index < -0.39 is 11.5 Å². The Morgan fingerprint density at radius 2 is 1.42 bits per heavy atom. The largest absolute Gasteiger partial charge is 0.466 e. The van der Waals surface area contributed by atoms with Crippen molar-refractivity contribution in [3.63, 3.8) is 0 Å². The first-order chi connectivity index (χ1) is 17.7. The van der Waals surface area contributed by atoms with Gasteiger partial charge in [0.15, 0.2) is 5.65 Å². The molecule has 3 aromatic carbocycles. The minimum absolute atomic E-state index is 0.453. The standard InChI is InChI=1S/C29H25N5O2/c1-30-25-20-21(18-19-26(35)36-2)27-28(31-25)34(33-32-27)29(22-12-6-3-7-13-22,23-14-8-4-9-15-23)24-16-10-5-11-17-24/h3-20H,1-2H3,(H,30,31)/b19-18+. The topological polar surface area (TPSA) is 81.9 Å². The second-order valence-electron chi connectivity index (χ2n) is 8.19. The number of benzene rings is 3. The number of carbonyl (C=O) groups is 1. The van der Waals surface area contributed by atoms with E-state index in [2.05, 4.69) is 46.8 Å². The lowest BCUT2D eigenvalue weighted by molar-refractivity contribution is -0.134. The van der Waals surface area contributed by atoms with Crippen LogP contribution in [0.2, 0.25) is 0 Å². The molecule has 0 spiro atoms. The van der Waals surface area contributed by atoms with Crippen molar-refractivity contribution in [2.75, 3.05) is 19.5 Å². The van der Waals surface area contributed by atoms with Crippen LogP contribution < -0.4 is 5.32 Å². The molecule has 36 heavy (non-hydrogen) atoms. The van der Waals surface area contributed by atoms with E-state index in [9.17, 15) is 4.79 Å². The van der Waals surface area contributed by atoms with E-state index in [-0.39, 0.29) is 0 Å². The molecule has 0 aliphatic heterocycles. The predicted molar refractivity (Wildman–Crippen MR) is 141 cm³/mol. The summed E-state index contributed by atoms with van der Waals surface area (Å²) < 4.78 is 6.65. The van der Waals surface area contributed by atoms with Gasteiger partial charge in [0.25, 0.3) is 0 Å². The number of nitrogens with zero attached hydrogens (tertiary/aromatic N) is 4. The number of methoxy groups -OCH3 is 1. The molecular weight excluding hydrogens is 450 g/mol. The summed E-state index contributed by atoms with van der Waals surface area (Å²) in [6, 6.07) is 32.5. The molecule has 5 rings (SSSR count). The van der Waals surface area contributed by atoms with Crippen molar-refractivity contribution in [3.8, 4) is 0 Å². The molecule has 0 saturated heterocycles. The highest BCUT2D eigenvalue weighted by Gasteiger charge is 2.41. The van der Waals surface area contributed by atoms with Crippen LogP contribution in [0.4, 0.5) is 5.82 Å². The normalized spacial score (nSPS) is 11.6. The van der Waals surface area contributed by atoms with Crippen molar-refractivity contribution in [2.24, 2.45) is 0 Å². The fourth-order valence-corrected chi connectivity index (χ4v) is 4.54. The van der Waals surface area contributed by atoms with Gasteiger partial charge in [0.2, 0.25) is 0 Å². The first kappa shape index (κ1) is 23.0. The monoisotopic (exact) mass is 475 g/mol. The Morgan fingerprint density at radius 3 is 1.89 bits per heavy atom. The summed E-state index contributed by atoms with van der Waals surface area (Å²) in [4.78, 5) is 16.7. The second kappa shape index (κ2) is 9.84. The van der Waals surface area contributed by atoms with Crippen LogP contribution in [0.15, 0.2) is 103 Å². The van der Waals surface area contributed by atoms with Gasteiger partial charge in [0.05, 0.1) is 7.11 Å². The summed E-state index contributed by atoms with van der Waals surface area (Å²) in [6.07, 6.45) is 3.04. The lowest BCUT2D eigenvalue weighted by atomic mass is 9.77. The average Bonchev–Trinajstić information content (AvgIpc) is 3.38. The van der Waals surface area contributed by atoms with Crippen molar-refractivity contribution in [2.45, 2.75) is 5.54 Å². The van der Waals surface area contributed by atoms with Gasteiger partial charge in [0, 0.05) is 18.7 Å². The molecule has 0 atom stereocenters. The highest BCUT2D eigenvalue weighted by atomic mass is 16.5. The highest BCUT2D eigenvalue weighted by molar-refractivity contribution is 5.92. The molecule has 0 radical (unpaired) electrons. The Kier molecular flexibility index (Phi) is 6.28. The van der Waals surface area contributed by atoms with Gasteiger partial charge < -0.3 is 10.1 Å². The number of fused-ring (bicyclic) bond motifs is 1. The Labute approximate surface area is 209 Å². The fraction of sp³-hybridized carbons (Fsp3) is 0.103. The van der Waals surface area contributed by atoms with Crippen LogP contribution in [0, 0.1) is 0 Å². The van der Waals surface area contributed by atoms with Crippen LogP contribution in [0.3, 0.4) is 0 Å². The highest BCUT2D eigenvalue weighted by Crippen LogP contribution is 2.41. The third-order valence-electron chi connectivity index (χ3n) is 6.19. The van der Waals surface area contributed by atoms with Crippen molar-refractivity contribution in [3.05, 3.63) is 125 Å². The summed E-state index contributed by atoms with van der Waals surface area (Å²) in [7, 11) is 3.15. The Bertz CT molecular complexity index is 1420. The van der Waals surface area contributed by atoms with Gasteiger partial charge in [-0.05, 0) is 28.8 Å². The summed E-state index contributed by atoms with van der Waals surface area (Å²) >= 11 is 0. The molecule has 0 bridgehead atoms. The van der Waals surface area contributed by atoms with Gasteiger partial charge in [0.1, 0.15) is 16.9 Å². The summed E-state index contributed by atoms with van der Waals surface area (Å²) in [6.45, 7) is 0. The smallest absolute Gasteiger partial charge is 0.330 e. The molecule has 0 saturated carbocycles. The lowest BCUT2D eigenvalue weighted by Gasteiger charge is -2.36. The SMILES string of the molecule is CNc1cc(/C=C/C(=O)OC)c2nnn(C(c3ccccc3)(c3ccccc3)c3ccccc3)c2n1. The molecule has 0 aliphatic rings. The van der Waals surface area contributed by atoms with Crippen LogP contribution in [-0.4, -0.2) is 40.1 Å². The quantitative estimate of drug-likeness (QED) is 0.205. The average molecular weight is 476 g/mol. The zero-order valence-electron chi connectivity index (χ0n) is 20.0. The molecule has 0 fully saturated rings. The molecular formula is C29H25N5O2. The first-order valence-electron chi connectivity index (χ1n) is 11.6. The Balaban J connectivity index is 1.90. The number of esters is 1. The maximum absolute atomic E-state index is 11.8. The number of hydrogen-bond donors (Lipinski definition) is 1. The van der Waals surface area contributed by atoms with Gasteiger partial charge in [-0.3, -0.25) is 0 Å². The van der Waals surface area contributed by atoms with Gasteiger partial charge >= 0.3 is 5.97 Å². The van der Waals surface area contributed by atoms with E-state index >= 15 is 0 Å². The summed E-state index contributed by atoms with van der Waals surface area (Å²) in [5, 5.41) is 12.4. The molecule has 0 unspecified atom stereocenters. The lowest BCUT2D eigenvalue weighted by Crippen LogP contribution is -2.38. The van der Waals surface area contributed by atoms with Crippen molar-refractivity contribution in [1.82, 2.24) is 20.0 Å². The zero-order valence-corrected chi connectivity index (χ0v) is 20.0. The zero-order chi connectivity index (χ0) is 25.0. The van der Waals surface area contributed by atoms with E-state index in [1.807, 2.05) is 65.3 Å². The number of hydrogen-bond acceptors (Lipinski definition) is 6. The second-order valence-corrected chi connectivity index (χ2v) is 8.19. The van der Waals surface area contributed by atoms with Gasteiger partial charge in [-0.15, -0.1) is 5.10 Å². The molecule has 2 heterocycles. The summed E-state index contributed by atoms with van der Waals surface area (Å²) in [5.74, 6) is 0.171. The third kappa shape index (κ3) is 3.90. The summed E-state index contributed by atoms with van der Waals surface area (Å²) in [5.41, 5.74) is 4.02. The van der Waals surface area contributed by atoms with Crippen LogP contribution in [0.25, 0.3) is 17.2 Å². The number of anilines is 1. The fourth-order valence-electron chi connectivity index (χ4n) is 4.54. The van der Waals surface area contributed by atoms with Crippen molar-refractivity contribution in [1.29, 1.82) is 0 Å². The van der Waals surface area contributed by atoms with Crippen molar-refractivity contribution >= 4 is 29.0 Å². The Hall–Kier alpha value is -4.78. The van der Waals surface area contributed by atoms with Crippen LogP contribution >= 0.6 is 0 Å². The molecule has 7 heteroatoms. The van der Waals surface area contributed by atoms with Crippen LogP contribution in [0.1, 0.15) is 22.3 Å². The van der Waals surface area contributed by atoms with Crippen LogP contribution in [-0.2, 0) is 15.1 Å². The molecule has 0 aliphatic carbocycles. The number of ether oxygens (including phenoxy) is 1. The molecule has 178 valence electrons. The number of nitrogens with one attached hydrogen (secondary N) is 1. The van der Waals surface area contributed by atoms with E-state index in [0.717, 1.165) is 16.7 Å². The van der Waals surface area contributed by atoms with E-state index in [0.29, 0.717) is 22.5 Å². The molecule has 2 aromatic heterocycles. The minimum atomic E-state index is -0.860. The molecule has 5 aromatic rings. The van der Waals surface area contributed by atoms with E-state index in [1.54, 1.807) is 13.1 Å². The number of pyridine rings is 1. The first-order valence-corrected chi connectivity index (χ1v) is 11.6. The van der Waals surface area contributed by atoms with E-state index in [4.69, 9.17) is 14.9 Å². The van der Waals surface area contributed by atoms with Gasteiger partial charge in [-0.25, -0.2) is 14.5 Å². The predicted octanol–water partition coefficient (Wildman–Crippen LogP) is 4.89. The maximum Gasteiger partial charge on any atom is 0.330 e. The number of aromatic nitrogens is 4. The van der Waals surface area contributed by atoms with E-state index in [1.165, 1.54) is 13.2 Å². The number of carbonyl (C=O) groups excluding carboxylic acids is 1. The molecule has 1 N–H and O–H groups in total. The molecule has 0 amide bonds. The van der Waals surface area contributed by atoms with Crippen molar-refractivity contribution < 1.29 is 9.53 Å². The third-order valence-corrected chi connectivity index (χ3v) is 6.19. The maximum atomic E-state index is 11.8. The van der Waals surface area contributed by atoms with Gasteiger partial charge in [-0.2, -0.15) is 0 Å². The molecule has 7 nitrogen and oxygen atoms in total. The van der Waals surface area contributed by atoms with Gasteiger partial charge in [-0.1, -0.05) is 96.2 Å². The number of rotatable bonds is 7.